The molecule has 0 unspecified atom stereocenters. The van der Waals surface area contributed by atoms with Gasteiger partial charge in [0.2, 0.25) is 17.7 Å². The van der Waals surface area contributed by atoms with Crippen LogP contribution in [0.1, 0.15) is 29.3 Å². The van der Waals surface area contributed by atoms with E-state index in [2.05, 4.69) is 10.2 Å². The molecule has 25 heavy (non-hydrogen) atoms. The molecule has 0 aliphatic carbocycles. The molecule has 1 aromatic carbocycles. The first-order chi connectivity index (χ1) is 12.1. The van der Waals surface area contributed by atoms with Gasteiger partial charge in [0, 0.05) is 25.9 Å². The number of carbonyl (C=O) groups is 1. The molecule has 1 aromatic heterocycles. The Balaban J connectivity index is 1.31. The molecule has 4 rings (SSSR count). The van der Waals surface area contributed by atoms with Crippen LogP contribution < -0.4 is 0 Å². The van der Waals surface area contributed by atoms with Gasteiger partial charge in [-0.2, -0.15) is 0 Å². The number of ether oxygens (including phenoxy) is 1. The molecule has 1 amide bonds. The summed E-state index contributed by atoms with van der Waals surface area (Å²) in [4.78, 5) is 14.6. The normalized spacial score (nSPS) is 25.4. The second kappa shape index (κ2) is 6.59. The molecule has 6 nitrogen and oxygen atoms in total. The molecule has 2 fully saturated rings. The van der Waals surface area contributed by atoms with Crippen LogP contribution in [0.2, 0.25) is 0 Å². The van der Waals surface area contributed by atoms with E-state index in [9.17, 15) is 4.79 Å². The number of aromatic nitrogens is 2. The van der Waals surface area contributed by atoms with E-state index in [-0.39, 0.29) is 18.1 Å². The van der Waals surface area contributed by atoms with Gasteiger partial charge >= 0.3 is 0 Å². The fourth-order valence-electron chi connectivity index (χ4n) is 3.90. The molecule has 2 aromatic rings. The number of benzene rings is 1. The molecule has 132 valence electrons. The van der Waals surface area contributed by atoms with Crippen LogP contribution in [0.3, 0.4) is 0 Å². The predicted molar refractivity (Wildman–Crippen MR) is 91.0 cm³/mol. The molecule has 3 heterocycles. The summed E-state index contributed by atoms with van der Waals surface area (Å²) in [7, 11) is 0. The number of amides is 1. The maximum absolute atomic E-state index is 12.6. The summed E-state index contributed by atoms with van der Waals surface area (Å²) in [5, 5.41) is 7.90. The predicted octanol–water partition coefficient (Wildman–Crippen LogP) is 2.09. The molecular formula is C19H23N3O3. The second-order valence-electron chi connectivity index (χ2n) is 7.11. The topological polar surface area (TPSA) is 68.5 Å². The van der Waals surface area contributed by atoms with E-state index < -0.39 is 0 Å². The average molecular weight is 341 g/mol. The first-order valence-electron chi connectivity index (χ1n) is 8.85. The van der Waals surface area contributed by atoms with E-state index >= 15 is 0 Å². The van der Waals surface area contributed by atoms with Crippen molar-refractivity contribution in [3.05, 3.63) is 47.2 Å². The molecule has 3 atom stereocenters. The average Bonchev–Trinajstić information content (AvgIpc) is 3.24. The van der Waals surface area contributed by atoms with Gasteiger partial charge in [-0.25, -0.2) is 0 Å². The molecule has 6 heteroatoms. The van der Waals surface area contributed by atoms with Gasteiger partial charge in [0.1, 0.15) is 0 Å². The summed E-state index contributed by atoms with van der Waals surface area (Å²) in [6.45, 7) is 5.32. The fraction of sp³-hybridized carbons (Fsp3) is 0.526. The van der Waals surface area contributed by atoms with Crippen molar-refractivity contribution in [3.8, 4) is 0 Å². The van der Waals surface area contributed by atoms with Crippen molar-refractivity contribution < 1.29 is 13.9 Å². The van der Waals surface area contributed by atoms with Gasteiger partial charge in [-0.1, -0.05) is 24.3 Å². The van der Waals surface area contributed by atoms with Gasteiger partial charge in [-0.3, -0.25) is 4.79 Å². The number of rotatable bonds is 4. The van der Waals surface area contributed by atoms with E-state index in [0.29, 0.717) is 37.1 Å². The monoisotopic (exact) mass is 341 g/mol. The molecule has 0 spiro atoms. The highest BCUT2D eigenvalue weighted by atomic mass is 16.5. The van der Waals surface area contributed by atoms with Gasteiger partial charge < -0.3 is 14.1 Å². The molecule has 0 bridgehead atoms. The summed E-state index contributed by atoms with van der Waals surface area (Å²) < 4.78 is 11.6. The van der Waals surface area contributed by atoms with Crippen molar-refractivity contribution in [2.45, 2.75) is 45.3 Å². The summed E-state index contributed by atoms with van der Waals surface area (Å²) >= 11 is 0. The Kier molecular flexibility index (Phi) is 4.29. The lowest BCUT2D eigenvalue weighted by Gasteiger charge is -2.19. The van der Waals surface area contributed by atoms with Crippen LogP contribution in [0, 0.1) is 19.8 Å². The minimum atomic E-state index is 0.114. The van der Waals surface area contributed by atoms with Crippen LogP contribution in [-0.2, 0) is 22.4 Å². The smallest absolute Gasteiger partial charge is 0.227 e. The second-order valence-corrected chi connectivity index (χ2v) is 7.11. The lowest BCUT2D eigenvalue weighted by Crippen LogP contribution is -2.33. The van der Waals surface area contributed by atoms with Crippen LogP contribution in [0.25, 0.3) is 0 Å². The van der Waals surface area contributed by atoms with Crippen molar-refractivity contribution in [1.29, 1.82) is 0 Å². The number of likely N-dealkylation sites (tertiary alicyclic amines) is 1. The molecule has 0 radical (unpaired) electrons. The van der Waals surface area contributed by atoms with E-state index in [1.165, 1.54) is 5.56 Å². The summed E-state index contributed by atoms with van der Waals surface area (Å²) in [6, 6.07) is 8.07. The summed E-state index contributed by atoms with van der Waals surface area (Å²) in [5.41, 5.74) is 2.27. The SMILES string of the molecule is Cc1nnc(C[C@H]2C[C@@H]3CN(C(=O)Cc4ccccc4C)C[C@@H]3O2)o1. The third kappa shape index (κ3) is 3.44. The van der Waals surface area contributed by atoms with Crippen molar-refractivity contribution in [2.24, 2.45) is 5.92 Å². The standard InChI is InChI=1S/C19H23N3O3/c1-12-5-3-4-6-14(12)8-19(23)22-10-15-7-16(25-17(15)11-22)9-18-21-20-13(2)24-18/h3-6,15-17H,7-11H2,1-2H3/t15-,16-,17+/m1/s1. The van der Waals surface area contributed by atoms with E-state index in [1.54, 1.807) is 6.92 Å². The Morgan fingerprint density at radius 1 is 1.24 bits per heavy atom. The van der Waals surface area contributed by atoms with Crippen LogP contribution in [-0.4, -0.2) is 46.3 Å². The third-order valence-corrected chi connectivity index (χ3v) is 5.24. The van der Waals surface area contributed by atoms with Crippen LogP contribution >= 0.6 is 0 Å². The van der Waals surface area contributed by atoms with Gasteiger partial charge in [-0.15, -0.1) is 10.2 Å². The molecule has 2 aliphatic rings. The Morgan fingerprint density at radius 3 is 2.80 bits per heavy atom. The number of hydrogen-bond donors (Lipinski definition) is 0. The quantitative estimate of drug-likeness (QED) is 0.852. The third-order valence-electron chi connectivity index (χ3n) is 5.24. The lowest BCUT2D eigenvalue weighted by atomic mass is 10.0. The molecular weight excluding hydrogens is 318 g/mol. The van der Waals surface area contributed by atoms with Crippen LogP contribution in [0.5, 0.6) is 0 Å². The Bertz CT molecular complexity index is 759. The van der Waals surface area contributed by atoms with Crippen LogP contribution in [0.15, 0.2) is 28.7 Å². The molecule has 2 aliphatic heterocycles. The lowest BCUT2D eigenvalue weighted by molar-refractivity contribution is -0.130. The maximum atomic E-state index is 12.6. The largest absolute Gasteiger partial charge is 0.426 e. The fourth-order valence-corrected chi connectivity index (χ4v) is 3.90. The zero-order valence-corrected chi connectivity index (χ0v) is 14.6. The maximum Gasteiger partial charge on any atom is 0.227 e. The minimum absolute atomic E-state index is 0.114. The van der Waals surface area contributed by atoms with Crippen molar-refractivity contribution in [2.75, 3.05) is 13.1 Å². The molecule has 0 saturated carbocycles. The highest BCUT2D eigenvalue weighted by Gasteiger charge is 2.43. The van der Waals surface area contributed by atoms with E-state index in [1.807, 2.05) is 36.1 Å². The summed E-state index contributed by atoms with van der Waals surface area (Å²) in [6.07, 6.45) is 2.32. The number of nitrogens with zero attached hydrogens (tertiary/aromatic N) is 3. The van der Waals surface area contributed by atoms with Crippen molar-refractivity contribution >= 4 is 5.91 Å². The number of hydrogen-bond acceptors (Lipinski definition) is 5. The highest BCUT2D eigenvalue weighted by molar-refractivity contribution is 5.79. The minimum Gasteiger partial charge on any atom is -0.426 e. The Hall–Kier alpha value is -2.21. The number of aryl methyl sites for hydroxylation is 2. The zero-order valence-electron chi connectivity index (χ0n) is 14.6. The van der Waals surface area contributed by atoms with Gasteiger partial charge in [-0.05, 0) is 24.5 Å². The van der Waals surface area contributed by atoms with Gasteiger partial charge in [0.15, 0.2) is 0 Å². The number of fused-ring (bicyclic) bond motifs is 1. The van der Waals surface area contributed by atoms with E-state index in [0.717, 1.165) is 18.5 Å². The van der Waals surface area contributed by atoms with Crippen LogP contribution in [0.4, 0.5) is 0 Å². The van der Waals surface area contributed by atoms with E-state index in [4.69, 9.17) is 9.15 Å². The Labute approximate surface area is 147 Å². The van der Waals surface area contributed by atoms with Gasteiger partial charge in [0.25, 0.3) is 0 Å². The van der Waals surface area contributed by atoms with Crippen molar-refractivity contribution in [3.63, 3.8) is 0 Å². The molecule has 2 saturated heterocycles. The highest BCUT2D eigenvalue weighted by Crippen LogP contribution is 2.34. The summed E-state index contributed by atoms with van der Waals surface area (Å²) in [5.74, 6) is 1.82. The van der Waals surface area contributed by atoms with Crippen molar-refractivity contribution in [1.82, 2.24) is 15.1 Å². The van der Waals surface area contributed by atoms with Gasteiger partial charge in [0.05, 0.1) is 25.0 Å². The molecule has 0 N–H and O–H groups in total. The Morgan fingerprint density at radius 2 is 2.08 bits per heavy atom. The first kappa shape index (κ1) is 16.3. The number of carbonyl (C=O) groups excluding carboxylic acids is 1. The first-order valence-corrected chi connectivity index (χ1v) is 8.85. The zero-order chi connectivity index (χ0) is 17.4.